The van der Waals surface area contributed by atoms with Crippen molar-refractivity contribution in [1.29, 1.82) is 0 Å². The summed E-state index contributed by atoms with van der Waals surface area (Å²) in [6, 6.07) is 14.0. The summed E-state index contributed by atoms with van der Waals surface area (Å²) in [7, 11) is 1.58. The highest BCUT2D eigenvalue weighted by atomic mass is 16.5. The molecule has 1 atom stereocenters. The third-order valence-electron chi connectivity index (χ3n) is 5.45. The van der Waals surface area contributed by atoms with E-state index in [-0.39, 0.29) is 11.4 Å². The van der Waals surface area contributed by atoms with E-state index in [1.54, 1.807) is 14.0 Å². The van der Waals surface area contributed by atoms with Crippen molar-refractivity contribution >= 4 is 22.5 Å². The molecule has 2 aromatic heterocycles. The second kappa shape index (κ2) is 8.66. The molecule has 0 unspecified atom stereocenters. The third-order valence-corrected chi connectivity index (χ3v) is 5.45. The Hall–Kier alpha value is -3.94. The zero-order valence-electron chi connectivity index (χ0n) is 18.4. The molecular weight excluding hydrogens is 408 g/mol. The molecular formula is C24H24N4O4. The first-order valence-corrected chi connectivity index (χ1v) is 10.3. The number of para-hydroxylation sites is 1. The first kappa shape index (κ1) is 21.3. The fourth-order valence-corrected chi connectivity index (χ4v) is 3.69. The Morgan fingerprint density at radius 1 is 1.19 bits per heavy atom. The zero-order valence-corrected chi connectivity index (χ0v) is 18.4. The molecule has 2 aromatic carbocycles. The molecule has 1 amide bonds. The van der Waals surface area contributed by atoms with E-state index in [1.165, 1.54) is 4.68 Å². The standard InChI is InChI=1S/C24H24N4O4/c1-5-19(23(29)25-18-12-7-6-9-14(18)2)28-24(30)22-20(15(3)32-27-22)21(26-28)16-10-8-11-17(13-16)31-4/h6-13,19H,5H2,1-4H3,(H,25,29)/t19-/m1/s1. The zero-order chi connectivity index (χ0) is 22.8. The van der Waals surface area contributed by atoms with E-state index >= 15 is 0 Å². The van der Waals surface area contributed by atoms with Crippen molar-refractivity contribution in [2.45, 2.75) is 33.2 Å². The number of nitrogens with one attached hydrogen (secondary N) is 1. The van der Waals surface area contributed by atoms with Gasteiger partial charge in [0, 0.05) is 11.3 Å². The predicted molar refractivity (Wildman–Crippen MR) is 122 cm³/mol. The number of hydrogen-bond donors (Lipinski definition) is 1. The number of carbonyl (C=O) groups excluding carboxylic acids is 1. The molecule has 0 saturated heterocycles. The quantitative estimate of drug-likeness (QED) is 0.489. The van der Waals surface area contributed by atoms with Crippen LogP contribution in [0.1, 0.15) is 30.7 Å². The van der Waals surface area contributed by atoms with E-state index in [2.05, 4.69) is 15.6 Å². The summed E-state index contributed by atoms with van der Waals surface area (Å²) >= 11 is 0. The third kappa shape index (κ3) is 3.75. The molecule has 0 aliphatic rings. The molecule has 8 nitrogen and oxygen atoms in total. The van der Waals surface area contributed by atoms with Crippen LogP contribution in [0, 0.1) is 13.8 Å². The Kier molecular flexibility index (Phi) is 5.77. The molecule has 164 valence electrons. The number of carbonyl (C=O) groups is 1. The van der Waals surface area contributed by atoms with Gasteiger partial charge < -0.3 is 14.6 Å². The largest absolute Gasteiger partial charge is 0.497 e. The Labute approximate surface area is 184 Å². The van der Waals surface area contributed by atoms with Gasteiger partial charge in [0.1, 0.15) is 23.2 Å². The van der Waals surface area contributed by atoms with E-state index in [0.29, 0.717) is 34.7 Å². The van der Waals surface area contributed by atoms with E-state index in [1.807, 2.05) is 62.4 Å². The number of amides is 1. The molecule has 32 heavy (non-hydrogen) atoms. The van der Waals surface area contributed by atoms with Gasteiger partial charge in [0.2, 0.25) is 5.91 Å². The average Bonchev–Trinajstić information content (AvgIpc) is 3.19. The predicted octanol–water partition coefficient (Wildman–Crippen LogP) is 4.27. The van der Waals surface area contributed by atoms with Crippen LogP contribution in [-0.2, 0) is 4.79 Å². The summed E-state index contributed by atoms with van der Waals surface area (Å²) < 4.78 is 11.9. The first-order chi connectivity index (χ1) is 15.4. The molecule has 0 aliphatic carbocycles. The number of fused-ring (bicyclic) bond motifs is 1. The number of rotatable bonds is 6. The topological polar surface area (TPSA) is 99.2 Å². The molecule has 0 spiro atoms. The van der Waals surface area contributed by atoms with Crippen LogP contribution in [0.2, 0.25) is 0 Å². The highest BCUT2D eigenvalue weighted by molar-refractivity contribution is 5.96. The Morgan fingerprint density at radius 2 is 1.97 bits per heavy atom. The van der Waals surface area contributed by atoms with Crippen LogP contribution >= 0.6 is 0 Å². The Bertz CT molecular complexity index is 1360. The van der Waals surface area contributed by atoms with Gasteiger partial charge in [-0.25, -0.2) is 4.68 Å². The highest BCUT2D eigenvalue weighted by Gasteiger charge is 2.26. The van der Waals surface area contributed by atoms with E-state index < -0.39 is 11.6 Å². The SMILES string of the molecule is CC[C@H](C(=O)Nc1ccccc1C)n1nc(-c2cccc(OC)c2)c2c(C)onc2c1=O. The molecule has 1 N–H and O–H groups in total. The van der Waals surface area contributed by atoms with Crippen LogP contribution in [-0.4, -0.2) is 28.0 Å². The number of methoxy groups -OCH3 is 1. The Balaban J connectivity index is 1.86. The summed E-state index contributed by atoms with van der Waals surface area (Å²) in [5.74, 6) is 0.799. The smallest absolute Gasteiger partial charge is 0.297 e. The maximum Gasteiger partial charge on any atom is 0.297 e. The second-order valence-corrected chi connectivity index (χ2v) is 7.52. The van der Waals surface area contributed by atoms with Gasteiger partial charge in [-0.1, -0.05) is 42.4 Å². The van der Waals surface area contributed by atoms with E-state index in [4.69, 9.17) is 9.26 Å². The van der Waals surface area contributed by atoms with Crippen molar-refractivity contribution in [2.75, 3.05) is 12.4 Å². The molecule has 0 saturated carbocycles. The van der Waals surface area contributed by atoms with Crippen molar-refractivity contribution in [3.63, 3.8) is 0 Å². The number of benzene rings is 2. The van der Waals surface area contributed by atoms with Crippen molar-refractivity contribution in [3.8, 4) is 17.0 Å². The van der Waals surface area contributed by atoms with E-state index in [9.17, 15) is 9.59 Å². The molecule has 4 rings (SSSR count). The lowest BCUT2D eigenvalue weighted by Crippen LogP contribution is -2.35. The van der Waals surface area contributed by atoms with Crippen molar-refractivity contribution in [1.82, 2.24) is 14.9 Å². The minimum absolute atomic E-state index is 0.137. The number of aryl methyl sites for hydroxylation is 2. The van der Waals surface area contributed by atoms with E-state index in [0.717, 1.165) is 11.1 Å². The van der Waals surface area contributed by atoms with Crippen LogP contribution in [0.25, 0.3) is 22.2 Å². The van der Waals surface area contributed by atoms with Crippen LogP contribution in [0.4, 0.5) is 5.69 Å². The lowest BCUT2D eigenvalue weighted by atomic mass is 10.1. The van der Waals surface area contributed by atoms with Gasteiger partial charge in [0.25, 0.3) is 5.56 Å². The highest BCUT2D eigenvalue weighted by Crippen LogP contribution is 2.30. The van der Waals surface area contributed by atoms with Gasteiger partial charge in [-0.2, -0.15) is 5.10 Å². The summed E-state index contributed by atoms with van der Waals surface area (Å²) in [6.07, 6.45) is 0.366. The van der Waals surface area contributed by atoms with Crippen molar-refractivity contribution < 1.29 is 14.1 Å². The minimum Gasteiger partial charge on any atom is -0.497 e. The lowest BCUT2D eigenvalue weighted by molar-refractivity contribution is -0.119. The monoisotopic (exact) mass is 432 g/mol. The summed E-state index contributed by atoms with van der Waals surface area (Å²) in [5, 5.41) is 12.0. The summed E-state index contributed by atoms with van der Waals surface area (Å²) in [4.78, 5) is 26.4. The minimum atomic E-state index is -0.826. The maximum absolute atomic E-state index is 13.2. The number of nitrogens with zero attached hydrogens (tertiary/aromatic N) is 3. The number of hydrogen-bond acceptors (Lipinski definition) is 6. The van der Waals surface area contributed by atoms with Crippen LogP contribution in [0.3, 0.4) is 0 Å². The van der Waals surface area contributed by atoms with Gasteiger partial charge in [0.05, 0.1) is 12.5 Å². The van der Waals surface area contributed by atoms with Gasteiger partial charge >= 0.3 is 0 Å². The van der Waals surface area contributed by atoms with Gasteiger partial charge in [0.15, 0.2) is 5.52 Å². The van der Waals surface area contributed by atoms with Crippen LogP contribution < -0.4 is 15.6 Å². The molecule has 8 heteroatoms. The molecule has 0 fully saturated rings. The fourth-order valence-electron chi connectivity index (χ4n) is 3.69. The maximum atomic E-state index is 13.2. The molecule has 0 radical (unpaired) electrons. The van der Waals surface area contributed by atoms with Crippen LogP contribution in [0.15, 0.2) is 57.8 Å². The number of aromatic nitrogens is 3. The second-order valence-electron chi connectivity index (χ2n) is 7.52. The Morgan fingerprint density at radius 3 is 2.69 bits per heavy atom. The van der Waals surface area contributed by atoms with Gasteiger partial charge in [-0.05, 0) is 44.0 Å². The summed E-state index contributed by atoms with van der Waals surface area (Å²) in [6.45, 7) is 5.47. The van der Waals surface area contributed by atoms with Crippen LogP contribution in [0.5, 0.6) is 5.75 Å². The number of anilines is 1. The average molecular weight is 432 g/mol. The molecule has 2 heterocycles. The van der Waals surface area contributed by atoms with Gasteiger partial charge in [-0.3, -0.25) is 9.59 Å². The number of ether oxygens (including phenoxy) is 1. The molecule has 4 aromatic rings. The lowest BCUT2D eigenvalue weighted by Gasteiger charge is -2.18. The van der Waals surface area contributed by atoms with Crippen molar-refractivity contribution in [3.05, 3.63) is 70.2 Å². The summed E-state index contributed by atoms with van der Waals surface area (Å²) in [5.41, 5.74) is 2.50. The normalized spacial score (nSPS) is 12.0. The first-order valence-electron chi connectivity index (χ1n) is 10.3. The van der Waals surface area contributed by atoms with Gasteiger partial charge in [-0.15, -0.1) is 0 Å². The molecule has 0 bridgehead atoms. The fraction of sp³-hybridized carbons (Fsp3) is 0.250. The van der Waals surface area contributed by atoms with Crippen molar-refractivity contribution in [2.24, 2.45) is 0 Å². The molecule has 0 aliphatic heterocycles.